The van der Waals surface area contributed by atoms with Gasteiger partial charge in [0.15, 0.2) is 6.73 Å². The Morgan fingerprint density at radius 3 is 1.71 bits per heavy atom. The second kappa shape index (κ2) is 19.5. The van der Waals surface area contributed by atoms with Crippen molar-refractivity contribution in [3.05, 3.63) is 18.7 Å². The molecule has 1 rings (SSSR count). The summed E-state index contributed by atoms with van der Waals surface area (Å²) in [5, 5.41) is 0. The summed E-state index contributed by atoms with van der Waals surface area (Å²) in [5.41, 5.74) is 0. The van der Waals surface area contributed by atoms with Gasteiger partial charge in [-0.2, -0.15) is 0 Å². The number of rotatable bonds is 21. The Balaban J connectivity index is 1.88. The molecule has 0 bridgehead atoms. The van der Waals surface area contributed by atoms with Crippen LogP contribution in [0.2, 0.25) is 0 Å². The van der Waals surface area contributed by atoms with Crippen LogP contribution in [0.25, 0.3) is 0 Å². The van der Waals surface area contributed by atoms with Crippen LogP contribution in [0.15, 0.2) is 18.7 Å². The van der Waals surface area contributed by atoms with Crippen molar-refractivity contribution in [3.63, 3.8) is 0 Å². The standard InChI is InChI=1S/C25H49N2O/c1-3-5-7-9-11-13-15-17-19-23-28-25-27-22-21-26(24-27)20-18-16-14-12-10-8-6-4-2/h21-22,24H,3-20,23,25H2,1-2H3/q+1. The SMILES string of the molecule is CCCCCCCCCCCOC[n+]1ccn(CCCCCCCCCC)c1. The van der Waals surface area contributed by atoms with E-state index in [-0.39, 0.29) is 0 Å². The van der Waals surface area contributed by atoms with Crippen molar-refractivity contribution in [3.8, 4) is 0 Å². The highest BCUT2D eigenvalue weighted by atomic mass is 16.5. The van der Waals surface area contributed by atoms with Crippen LogP contribution in [0, 0.1) is 0 Å². The Morgan fingerprint density at radius 1 is 0.643 bits per heavy atom. The maximum Gasteiger partial charge on any atom is 0.245 e. The molecule has 1 aromatic rings. The van der Waals surface area contributed by atoms with Crippen molar-refractivity contribution in [1.29, 1.82) is 0 Å². The quantitative estimate of drug-likeness (QED) is 0.157. The summed E-state index contributed by atoms with van der Waals surface area (Å²) < 4.78 is 10.3. The van der Waals surface area contributed by atoms with Gasteiger partial charge < -0.3 is 4.74 Å². The Hall–Kier alpha value is -0.830. The molecule has 0 N–H and O–H groups in total. The molecule has 28 heavy (non-hydrogen) atoms. The fraction of sp³-hybridized carbons (Fsp3) is 0.880. The predicted molar refractivity (Wildman–Crippen MR) is 120 cm³/mol. The van der Waals surface area contributed by atoms with E-state index < -0.39 is 0 Å². The molecular formula is C25H49N2O+. The lowest BCUT2D eigenvalue weighted by atomic mass is 10.1. The molecular weight excluding hydrogens is 344 g/mol. The van der Waals surface area contributed by atoms with Gasteiger partial charge in [0.05, 0.1) is 13.2 Å². The Kier molecular flexibility index (Phi) is 17.5. The maximum absolute atomic E-state index is 5.83. The van der Waals surface area contributed by atoms with Crippen LogP contribution < -0.4 is 4.57 Å². The largest absolute Gasteiger partial charge is 0.342 e. The Morgan fingerprint density at radius 2 is 1.14 bits per heavy atom. The summed E-state index contributed by atoms with van der Waals surface area (Å²) in [4.78, 5) is 0. The first-order chi connectivity index (χ1) is 13.9. The van der Waals surface area contributed by atoms with Gasteiger partial charge in [-0.15, -0.1) is 0 Å². The van der Waals surface area contributed by atoms with E-state index in [0.717, 1.165) is 13.2 Å². The minimum absolute atomic E-state index is 0.696. The van der Waals surface area contributed by atoms with Gasteiger partial charge in [0.2, 0.25) is 6.33 Å². The summed E-state index contributed by atoms with van der Waals surface area (Å²) in [6.07, 6.45) is 29.9. The molecule has 0 saturated carbocycles. The number of aromatic nitrogens is 2. The van der Waals surface area contributed by atoms with Gasteiger partial charge in [-0.1, -0.05) is 104 Å². The maximum atomic E-state index is 5.83. The average molecular weight is 394 g/mol. The first-order valence-electron chi connectivity index (χ1n) is 12.5. The van der Waals surface area contributed by atoms with Crippen molar-refractivity contribution in [2.45, 2.75) is 136 Å². The van der Waals surface area contributed by atoms with Gasteiger partial charge in [0.25, 0.3) is 0 Å². The highest BCUT2D eigenvalue weighted by Crippen LogP contribution is 2.10. The zero-order chi connectivity index (χ0) is 20.1. The number of imidazole rings is 1. The number of hydrogen-bond acceptors (Lipinski definition) is 1. The van der Waals surface area contributed by atoms with Crippen LogP contribution in [-0.4, -0.2) is 11.2 Å². The molecule has 164 valence electrons. The van der Waals surface area contributed by atoms with E-state index in [2.05, 4.69) is 41.7 Å². The number of unbranched alkanes of at least 4 members (excludes halogenated alkanes) is 15. The van der Waals surface area contributed by atoms with E-state index in [1.54, 1.807) is 0 Å². The van der Waals surface area contributed by atoms with Gasteiger partial charge >= 0.3 is 0 Å². The van der Waals surface area contributed by atoms with E-state index in [9.17, 15) is 0 Å². The molecule has 1 heterocycles. The normalized spacial score (nSPS) is 11.4. The molecule has 0 aliphatic carbocycles. The summed E-state index contributed by atoms with van der Waals surface area (Å²) in [5.74, 6) is 0. The van der Waals surface area contributed by atoms with Crippen LogP contribution in [0.3, 0.4) is 0 Å². The first-order valence-corrected chi connectivity index (χ1v) is 12.5. The van der Waals surface area contributed by atoms with Crippen molar-refractivity contribution >= 4 is 0 Å². The molecule has 0 amide bonds. The zero-order valence-corrected chi connectivity index (χ0v) is 19.2. The minimum Gasteiger partial charge on any atom is -0.342 e. The Labute approximate surface area is 175 Å². The number of ether oxygens (including phenoxy) is 1. The topological polar surface area (TPSA) is 18.0 Å². The van der Waals surface area contributed by atoms with Crippen LogP contribution in [0.4, 0.5) is 0 Å². The molecule has 0 spiro atoms. The lowest BCUT2D eigenvalue weighted by molar-refractivity contribution is -0.732. The molecule has 0 aliphatic rings. The minimum atomic E-state index is 0.696. The molecule has 3 heteroatoms. The van der Waals surface area contributed by atoms with E-state index >= 15 is 0 Å². The molecule has 1 aromatic heterocycles. The lowest BCUT2D eigenvalue weighted by Gasteiger charge is -2.03. The van der Waals surface area contributed by atoms with E-state index in [1.807, 2.05) is 0 Å². The number of nitrogens with zero attached hydrogens (tertiary/aromatic N) is 2. The number of hydrogen-bond donors (Lipinski definition) is 0. The van der Waals surface area contributed by atoms with Gasteiger partial charge in [-0.3, -0.25) is 0 Å². The molecule has 0 fully saturated rings. The van der Waals surface area contributed by atoms with E-state index in [4.69, 9.17) is 4.74 Å². The summed E-state index contributed by atoms with van der Waals surface area (Å²) in [7, 11) is 0. The predicted octanol–water partition coefficient (Wildman–Crippen LogP) is 7.42. The molecule has 0 atom stereocenters. The number of aryl methyl sites for hydroxylation is 1. The van der Waals surface area contributed by atoms with Crippen molar-refractivity contribution in [2.75, 3.05) is 6.61 Å². The lowest BCUT2D eigenvalue weighted by Crippen LogP contribution is -2.32. The summed E-state index contributed by atoms with van der Waals surface area (Å²) in [6, 6.07) is 0. The second-order valence-electron chi connectivity index (χ2n) is 8.51. The smallest absolute Gasteiger partial charge is 0.245 e. The third-order valence-corrected chi connectivity index (χ3v) is 5.65. The van der Waals surface area contributed by atoms with Crippen molar-refractivity contribution in [1.82, 2.24) is 4.57 Å². The monoisotopic (exact) mass is 393 g/mol. The Bertz CT molecular complexity index is 430. The highest BCUT2D eigenvalue weighted by molar-refractivity contribution is 4.65. The van der Waals surface area contributed by atoms with Crippen LogP contribution in [-0.2, 0) is 18.0 Å². The van der Waals surface area contributed by atoms with Crippen LogP contribution >= 0.6 is 0 Å². The summed E-state index contributed by atoms with van der Waals surface area (Å²) >= 11 is 0. The fourth-order valence-corrected chi connectivity index (χ4v) is 3.76. The van der Waals surface area contributed by atoms with Gasteiger partial charge in [0, 0.05) is 0 Å². The molecule has 0 aliphatic heterocycles. The van der Waals surface area contributed by atoms with E-state index in [0.29, 0.717) is 6.73 Å². The molecule has 0 radical (unpaired) electrons. The van der Waals surface area contributed by atoms with Gasteiger partial charge in [-0.05, 0) is 19.3 Å². The van der Waals surface area contributed by atoms with Gasteiger partial charge in [0.1, 0.15) is 12.4 Å². The third kappa shape index (κ3) is 15.1. The van der Waals surface area contributed by atoms with Crippen LogP contribution in [0.1, 0.15) is 123 Å². The fourth-order valence-electron chi connectivity index (χ4n) is 3.76. The molecule has 0 saturated heterocycles. The average Bonchev–Trinajstić information content (AvgIpc) is 3.16. The molecule has 0 aromatic carbocycles. The van der Waals surface area contributed by atoms with Gasteiger partial charge in [-0.25, -0.2) is 9.13 Å². The van der Waals surface area contributed by atoms with Crippen LogP contribution in [0.5, 0.6) is 0 Å². The summed E-state index contributed by atoms with van der Waals surface area (Å²) in [6.45, 7) is 7.30. The zero-order valence-electron chi connectivity index (χ0n) is 19.2. The van der Waals surface area contributed by atoms with E-state index in [1.165, 1.54) is 109 Å². The third-order valence-electron chi connectivity index (χ3n) is 5.65. The van der Waals surface area contributed by atoms with Crippen molar-refractivity contribution in [2.24, 2.45) is 0 Å². The first kappa shape index (κ1) is 25.2. The molecule has 3 nitrogen and oxygen atoms in total. The second-order valence-corrected chi connectivity index (χ2v) is 8.51. The van der Waals surface area contributed by atoms with Crippen molar-refractivity contribution < 1.29 is 9.30 Å². The highest BCUT2D eigenvalue weighted by Gasteiger charge is 2.03. The molecule has 0 unspecified atom stereocenters.